The van der Waals surface area contributed by atoms with Gasteiger partial charge >= 0.3 is 5.97 Å². The maximum absolute atomic E-state index is 11.9. The van der Waals surface area contributed by atoms with Crippen LogP contribution < -0.4 is 4.74 Å². The van der Waals surface area contributed by atoms with Gasteiger partial charge in [-0.15, -0.1) is 0 Å². The van der Waals surface area contributed by atoms with Gasteiger partial charge in [-0.3, -0.25) is 9.59 Å². The number of amides is 1. The van der Waals surface area contributed by atoms with Gasteiger partial charge in [0.05, 0.1) is 18.6 Å². The highest BCUT2D eigenvalue weighted by Crippen LogP contribution is 2.16. The molecule has 21 heavy (non-hydrogen) atoms. The van der Waals surface area contributed by atoms with E-state index in [0.717, 1.165) is 0 Å². The van der Waals surface area contributed by atoms with Crippen molar-refractivity contribution < 1.29 is 19.1 Å². The molecule has 0 aromatic heterocycles. The molecule has 1 rings (SSSR count). The number of esters is 1. The summed E-state index contributed by atoms with van der Waals surface area (Å²) in [4.78, 5) is 24.6. The fraction of sp³-hybridized carbons (Fsp3) is 0.400. The zero-order chi connectivity index (χ0) is 15.8. The average Bonchev–Trinajstić information content (AvgIpc) is 2.51. The van der Waals surface area contributed by atoms with Crippen molar-refractivity contribution in [2.24, 2.45) is 5.92 Å². The Morgan fingerprint density at radius 3 is 2.67 bits per heavy atom. The Kier molecular flexibility index (Phi) is 6.21. The number of nitrogens with zero attached hydrogens (tertiary/aromatic N) is 2. The van der Waals surface area contributed by atoms with Gasteiger partial charge in [-0.1, -0.05) is 19.1 Å². The molecule has 0 spiro atoms. The minimum absolute atomic E-state index is 0.191. The van der Waals surface area contributed by atoms with Crippen LogP contribution in [0.4, 0.5) is 0 Å². The molecule has 0 bridgehead atoms. The normalized spacial score (nSPS) is 11.1. The number of hydrogen-bond acceptors (Lipinski definition) is 5. The number of nitriles is 1. The molecule has 0 aliphatic heterocycles. The van der Waals surface area contributed by atoms with Gasteiger partial charge in [-0.2, -0.15) is 5.26 Å². The smallest absolute Gasteiger partial charge is 0.310 e. The van der Waals surface area contributed by atoms with Gasteiger partial charge in [0.2, 0.25) is 0 Å². The second-order valence-electron chi connectivity index (χ2n) is 4.60. The van der Waals surface area contributed by atoms with Gasteiger partial charge in [-0.25, -0.2) is 0 Å². The summed E-state index contributed by atoms with van der Waals surface area (Å²) in [6.45, 7) is 1.74. The van der Waals surface area contributed by atoms with Gasteiger partial charge in [0.15, 0.2) is 6.61 Å². The lowest BCUT2D eigenvalue weighted by Crippen LogP contribution is -2.37. The molecule has 6 nitrogen and oxygen atoms in total. The minimum atomic E-state index is -0.407. The molecular formula is C15H18N2O4. The molecule has 0 radical (unpaired) electrons. The van der Waals surface area contributed by atoms with Crippen LogP contribution in [-0.4, -0.2) is 44.1 Å². The molecule has 0 fully saturated rings. The first-order valence-electron chi connectivity index (χ1n) is 6.43. The Morgan fingerprint density at radius 2 is 2.05 bits per heavy atom. The maximum atomic E-state index is 11.9. The third-order valence-electron chi connectivity index (χ3n) is 2.94. The van der Waals surface area contributed by atoms with Crippen molar-refractivity contribution in [1.82, 2.24) is 4.90 Å². The van der Waals surface area contributed by atoms with Gasteiger partial charge in [0, 0.05) is 13.6 Å². The van der Waals surface area contributed by atoms with Crippen LogP contribution in [0.25, 0.3) is 0 Å². The summed E-state index contributed by atoms with van der Waals surface area (Å²) in [5.74, 6) is -0.693. The summed E-state index contributed by atoms with van der Waals surface area (Å²) in [7, 11) is 2.89. The number of ether oxygens (including phenoxy) is 2. The zero-order valence-electron chi connectivity index (χ0n) is 12.3. The molecule has 1 aromatic rings. The molecule has 0 N–H and O–H groups in total. The highest BCUT2D eigenvalue weighted by molar-refractivity contribution is 5.79. The molecule has 1 atom stereocenters. The summed E-state index contributed by atoms with van der Waals surface area (Å²) >= 11 is 0. The van der Waals surface area contributed by atoms with E-state index in [9.17, 15) is 9.59 Å². The monoisotopic (exact) mass is 290 g/mol. The quantitative estimate of drug-likeness (QED) is 0.736. The third kappa shape index (κ3) is 4.80. The highest BCUT2D eigenvalue weighted by Gasteiger charge is 2.19. The first-order valence-corrected chi connectivity index (χ1v) is 6.43. The van der Waals surface area contributed by atoms with Crippen molar-refractivity contribution in [2.75, 3.05) is 27.3 Å². The number of rotatable bonds is 6. The molecular weight excluding hydrogens is 272 g/mol. The largest absolute Gasteiger partial charge is 0.482 e. The first-order chi connectivity index (χ1) is 9.99. The lowest BCUT2D eigenvalue weighted by atomic mass is 10.2. The fourth-order valence-corrected chi connectivity index (χ4v) is 1.72. The predicted octanol–water partition coefficient (Wildman–Crippen LogP) is 1.20. The van der Waals surface area contributed by atoms with E-state index in [-0.39, 0.29) is 25.0 Å². The van der Waals surface area contributed by atoms with E-state index in [1.807, 2.05) is 6.07 Å². The number of methoxy groups -OCH3 is 1. The van der Waals surface area contributed by atoms with Crippen molar-refractivity contribution in [1.29, 1.82) is 5.26 Å². The third-order valence-corrected chi connectivity index (χ3v) is 2.94. The summed E-state index contributed by atoms with van der Waals surface area (Å²) in [5.41, 5.74) is 0.371. The van der Waals surface area contributed by atoms with E-state index < -0.39 is 5.92 Å². The van der Waals surface area contributed by atoms with Crippen LogP contribution in [0.15, 0.2) is 24.3 Å². The molecule has 112 valence electrons. The highest BCUT2D eigenvalue weighted by atomic mass is 16.5. The molecule has 1 unspecified atom stereocenters. The standard InChI is InChI=1S/C15H18N2O4/c1-11(15(19)20-3)9-17(2)14(18)10-21-13-7-5-4-6-12(13)8-16/h4-7,11H,9-10H2,1-3H3. The predicted molar refractivity (Wildman–Crippen MR) is 75.5 cm³/mol. The maximum Gasteiger partial charge on any atom is 0.310 e. The summed E-state index contributed by atoms with van der Waals surface area (Å²) in [6, 6.07) is 8.68. The van der Waals surface area contributed by atoms with E-state index in [2.05, 4.69) is 4.74 Å². The Balaban J connectivity index is 2.54. The Bertz CT molecular complexity index is 551. The number of likely N-dealkylation sites (N-methyl/N-ethyl adjacent to an activating group) is 1. The number of hydrogen-bond donors (Lipinski definition) is 0. The van der Waals surface area contributed by atoms with Crippen molar-refractivity contribution in [3.8, 4) is 11.8 Å². The molecule has 6 heteroatoms. The summed E-state index contributed by atoms with van der Waals surface area (Å²) in [6.07, 6.45) is 0. The van der Waals surface area contributed by atoms with Crippen LogP contribution in [0.5, 0.6) is 5.75 Å². The molecule has 1 amide bonds. The van der Waals surface area contributed by atoms with Crippen molar-refractivity contribution in [3.05, 3.63) is 29.8 Å². The molecule has 0 saturated carbocycles. The number of carbonyl (C=O) groups is 2. The zero-order valence-corrected chi connectivity index (χ0v) is 12.3. The van der Waals surface area contributed by atoms with Crippen LogP contribution in [0.2, 0.25) is 0 Å². The lowest BCUT2D eigenvalue weighted by molar-refractivity contribution is -0.146. The van der Waals surface area contributed by atoms with Crippen LogP contribution in [-0.2, 0) is 14.3 Å². The fourth-order valence-electron chi connectivity index (χ4n) is 1.72. The van der Waals surface area contributed by atoms with Crippen LogP contribution in [0, 0.1) is 17.2 Å². The van der Waals surface area contributed by atoms with E-state index >= 15 is 0 Å². The molecule has 1 aromatic carbocycles. The van der Waals surface area contributed by atoms with Crippen molar-refractivity contribution in [3.63, 3.8) is 0 Å². The Labute approximate surface area is 123 Å². The topological polar surface area (TPSA) is 79.6 Å². The second-order valence-corrected chi connectivity index (χ2v) is 4.60. The van der Waals surface area contributed by atoms with Crippen LogP contribution in [0.1, 0.15) is 12.5 Å². The first kappa shape index (κ1) is 16.5. The minimum Gasteiger partial charge on any atom is -0.482 e. The number of carbonyl (C=O) groups excluding carboxylic acids is 2. The number of benzene rings is 1. The molecule has 0 heterocycles. The van der Waals surface area contributed by atoms with E-state index in [1.54, 1.807) is 38.2 Å². The lowest BCUT2D eigenvalue weighted by Gasteiger charge is -2.20. The average molecular weight is 290 g/mol. The van der Waals surface area contributed by atoms with E-state index in [1.165, 1.54) is 12.0 Å². The van der Waals surface area contributed by atoms with Gasteiger partial charge in [0.1, 0.15) is 11.8 Å². The molecule has 0 aliphatic carbocycles. The van der Waals surface area contributed by atoms with Gasteiger partial charge in [-0.05, 0) is 12.1 Å². The second kappa shape index (κ2) is 7.90. The van der Waals surface area contributed by atoms with Crippen molar-refractivity contribution in [2.45, 2.75) is 6.92 Å². The summed E-state index contributed by atoms with van der Waals surface area (Å²) < 4.78 is 9.96. The Hall–Kier alpha value is -2.55. The van der Waals surface area contributed by atoms with E-state index in [4.69, 9.17) is 10.00 Å². The van der Waals surface area contributed by atoms with Gasteiger partial charge in [0.25, 0.3) is 5.91 Å². The molecule has 0 saturated heterocycles. The molecule has 0 aliphatic rings. The SMILES string of the molecule is COC(=O)C(C)CN(C)C(=O)COc1ccccc1C#N. The van der Waals surface area contributed by atoms with E-state index in [0.29, 0.717) is 11.3 Å². The van der Waals surface area contributed by atoms with Crippen LogP contribution >= 0.6 is 0 Å². The number of para-hydroxylation sites is 1. The Morgan fingerprint density at radius 1 is 1.38 bits per heavy atom. The summed E-state index contributed by atoms with van der Waals surface area (Å²) in [5, 5.41) is 8.92. The van der Waals surface area contributed by atoms with Crippen molar-refractivity contribution >= 4 is 11.9 Å². The van der Waals surface area contributed by atoms with Crippen LogP contribution in [0.3, 0.4) is 0 Å². The van der Waals surface area contributed by atoms with Gasteiger partial charge < -0.3 is 14.4 Å².